The predicted molar refractivity (Wildman–Crippen MR) is 148 cm³/mol. The molecule has 2 aromatic carbocycles. The molecule has 5 aromatic rings. The number of hydrogen-bond donors (Lipinski definition) is 4. The Kier molecular flexibility index (Phi) is 7.31. The topological polar surface area (TPSA) is 122 Å². The van der Waals surface area contributed by atoms with Crippen molar-refractivity contribution in [2.75, 3.05) is 11.1 Å². The van der Waals surface area contributed by atoms with Gasteiger partial charge in [-0.15, -0.1) is 0 Å². The zero-order valence-electron chi connectivity index (χ0n) is 21.1. The maximum Gasteiger partial charge on any atom is 0.417 e. The Hall–Kier alpha value is -4.64. The van der Waals surface area contributed by atoms with Crippen LogP contribution in [0.4, 0.5) is 24.8 Å². The summed E-state index contributed by atoms with van der Waals surface area (Å²) in [7, 11) is 0. The summed E-state index contributed by atoms with van der Waals surface area (Å²) in [6, 6.07) is 16.5. The smallest absolute Gasteiger partial charge is 0.384 e. The molecule has 5 rings (SSSR count). The SMILES string of the molecule is CC(NC(=O)c1cc(C(F)(F)F)cnc1NCc1ccc(-c2cnc3n[nH]c(N)c3c2)cc1)c1ccc(Cl)cc1. The maximum absolute atomic E-state index is 13.4. The second-order valence-electron chi connectivity index (χ2n) is 9.15. The number of halogens is 4. The van der Waals surface area contributed by atoms with E-state index in [9.17, 15) is 18.0 Å². The molecule has 0 fully saturated rings. The molecule has 40 heavy (non-hydrogen) atoms. The number of hydrogen-bond acceptors (Lipinski definition) is 6. The largest absolute Gasteiger partial charge is 0.417 e. The van der Waals surface area contributed by atoms with Crippen molar-refractivity contribution in [2.45, 2.75) is 25.7 Å². The molecule has 5 N–H and O–H groups in total. The second kappa shape index (κ2) is 10.9. The van der Waals surface area contributed by atoms with Crippen molar-refractivity contribution < 1.29 is 18.0 Å². The number of benzene rings is 2. The van der Waals surface area contributed by atoms with Gasteiger partial charge >= 0.3 is 6.18 Å². The summed E-state index contributed by atoms with van der Waals surface area (Å²) < 4.78 is 40.3. The van der Waals surface area contributed by atoms with Gasteiger partial charge in [-0.1, -0.05) is 48.0 Å². The molecule has 0 radical (unpaired) electrons. The Morgan fingerprint density at radius 1 is 1.02 bits per heavy atom. The standard InChI is InChI=1S/C28H23ClF3N7O/c1-15(17-6-8-21(29)9-7-17)37-27(40)23-11-20(28(30,31)32)14-36-25(23)34-12-16-2-4-18(5-3-16)19-10-22-24(33)38-39-26(22)35-13-19/h2-11,13-15H,12H2,1H3,(H,34,36)(H,37,40)(H3,33,35,38,39). The Morgan fingerprint density at radius 2 is 1.75 bits per heavy atom. The summed E-state index contributed by atoms with van der Waals surface area (Å²) in [5.41, 5.74) is 8.49. The number of carbonyl (C=O) groups is 1. The van der Waals surface area contributed by atoms with Crippen LogP contribution in [0.5, 0.6) is 0 Å². The van der Waals surface area contributed by atoms with Gasteiger partial charge in [0, 0.05) is 29.5 Å². The van der Waals surface area contributed by atoms with E-state index in [0.29, 0.717) is 28.1 Å². The average Bonchev–Trinajstić information content (AvgIpc) is 3.31. The molecule has 0 aliphatic carbocycles. The molecule has 1 atom stereocenters. The predicted octanol–water partition coefficient (Wildman–Crippen LogP) is 6.38. The summed E-state index contributed by atoms with van der Waals surface area (Å²) in [6.45, 7) is 1.95. The van der Waals surface area contributed by atoms with Gasteiger partial charge in [0.05, 0.1) is 22.6 Å². The van der Waals surface area contributed by atoms with E-state index in [1.165, 1.54) is 0 Å². The van der Waals surface area contributed by atoms with Gasteiger partial charge in [0.2, 0.25) is 0 Å². The number of nitrogens with zero attached hydrogens (tertiary/aromatic N) is 3. The minimum absolute atomic E-state index is 0.0305. The average molecular weight is 566 g/mol. The van der Waals surface area contributed by atoms with Crippen molar-refractivity contribution in [1.29, 1.82) is 0 Å². The first-order valence-corrected chi connectivity index (χ1v) is 12.5. The van der Waals surface area contributed by atoms with E-state index in [4.69, 9.17) is 17.3 Å². The number of aromatic nitrogens is 4. The number of alkyl halides is 3. The van der Waals surface area contributed by atoms with Crippen LogP contribution < -0.4 is 16.4 Å². The molecule has 0 aliphatic heterocycles. The van der Waals surface area contributed by atoms with Gasteiger partial charge in [-0.25, -0.2) is 9.97 Å². The van der Waals surface area contributed by atoms with Crippen LogP contribution in [0.3, 0.4) is 0 Å². The number of H-pyrrole nitrogens is 1. The number of carbonyl (C=O) groups excluding carboxylic acids is 1. The van der Waals surface area contributed by atoms with Crippen molar-refractivity contribution in [2.24, 2.45) is 0 Å². The number of fused-ring (bicyclic) bond motifs is 1. The lowest BCUT2D eigenvalue weighted by Gasteiger charge is -2.18. The number of pyridine rings is 2. The van der Waals surface area contributed by atoms with Gasteiger partial charge in [-0.05, 0) is 47.9 Å². The Labute approximate surface area is 231 Å². The molecule has 8 nitrogen and oxygen atoms in total. The lowest BCUT2D eigenvalue weighted by Crippen LogP contribution is -2.28. The van der Waals surface area contributed by atoms with E-state index in [2.05, 4.69) is 30.8 Å². The number of amides is 1. The summed E-state index contributed by atoms with van der Waals surface area (Å²) in [6.07, 6.45) is -2.26. The fraction of sp³-hybridized carbons (Fsp3) is 0.143. The van der Waals surface area contributed by atoms with Crippen molar-refractivity contribution >= 4 is 40.2 Å². The summed E-state index contributed by atoms with van der Waals surface area (Å²) in [4.78, 5) is 21.3. The lowest BCUT2D eigenvalue weighted by atomic mass is 10.0. The maximum atomic E-state index is 13.4. The molecular weight excluding hydrogens is 543 g/mol. The number of aromatic amines is 1. The molecule has 12 heteroatoms. The second-order valence-corrected chi connectivity index (χ2v) is 9.58. The zero-order chi connectivity index (χ0) is 28.4. The Balaban J connectivity index is 1.34. The molecule has 0 aliphatic rings. The highest BCUT2D eigenvalue weighted by molar-refractivity contribution is 6.30. The summed E-state index contributed by atoms with van der Waals surface area (Å²) in [5.74, 6) is -0.236. The van der Waals surface area contributed by atoms with Crippen molar-refractivity contribution in [3.63, 3.8) is 0 Å². The number of nitrogens with two attached hydrogens (primary N) is 1. The van der Waals surface area contributed by atoms with E-state index < -0.39 is 23.7 Å². The van der Waals surface area contributed by atoms with Gasteiger partial charge in [0.1, 0.15) is 11.6 Å². The molecule has 3 aromatic heterocycles. The number of anilines is 2. The molecule has 1 amide bonds. The van der Waals surface area contributed by atoms with Crippen LogP contribution in [0.2, 0.25) is 5.02 Å². The van der Waals surface area contributed by atoms with E-state index in [1.54, 1.807) is 37.4 Å². The van der Waals surface area contributed by atoms with E-state index in [-0.39, 0.29) is 17.9 Å². The number of nitrogen functional groups attached to an aromatic ring is 1. The molecule has 0 bridgehead atoms. The minimum atomic E-state index is -4.66. The fourth-order valence-electron chi connectivity index (χ4n) is 4.12. The Bertz CT molecular complexity index is 1670. The third-order valence-electron chi connectivity index (χ3n) is 6.36. The minimum Gasteiger partial charge on any atom is -0.384 e. The van der Waals surface area contributed by atoms with Gasteiger partial charge in [-0.3, -0.25) is 9.89 Å². The monoisotopic (exact) mass is 565 g/mol. The van der Waals surface area contributed by atoms with Gasteiger partial charge in [-0.2, -0.15) is 18.3 Å². The van der Waals surface area contributed by atoms with Gasteiger partial charge < -0.3 is 16.4 Å². The van der Waals surface area contributed by atoms with Crippen LogP contribution in [-0.2, 0) is 12.7 Å². The number of rotatable bonds is 7. The number of nitrogens with one attached hydrogen (secondary N) is 3. The molecule has 0 saturated heterocycles. The van der Waals surface area contributed by atoms with E-state index >= 15 is 0 Å². The first-order valence-electron chi connectivity index (χ1n) is 12.1. The van der Waals surface area contributed by atoms with Crippen LogP contribution in [-0.4, -0.2) is 26.1 Å². The summed E-state index contributed by atoms with van der Waals surface area (Å²) in [5, 5.41) is 13.7. The zero-order valence-corrected chi connectivity index (χ0v) is 21.8. The highest BCUT2D eigenvalue weighted by Gasteiger charge is 2.32. The molecule has 0 saturated carbocycles. The van der Waals surface area contributed by atoms with Crippen molar-refractivity contribution in [1.82, 2.24) is 25.5 Å². The highest BCUT2D eigenvalue weighted by Crippen LogP contribution is 2.31. The Morgan fingerprint density at radius 3 is 2.45 bits per heavy atom. The van der Waals surface area contributed by atoms with Crippen LogP contribution in [0.25, 0.3) is 22.2 Å². The van der Waals surface area contributed by atoms with E-state index in [1.807, 2.05) is 30.3 Å². The van der Waals surface area contributed by atoms with Crippen LogP contribution in [0.15, 0.2) is 73.1 Å². The third kappa shape index (κ3) is 5.84. The fourth-order valence-corrected chi connectivity index (χ4v) is 4.25. The van der Waals surface area contributed by atoms with Crippen LogP contribution in [0.1, 0.15) is 40.0 Å². The van der Waals surface area contributed by atoms with Gasteiger partial charge in [0.15, 0.2) is 5.65 Å². The van der Waals surface area contributed by atoms with Crippen LogP contribution in [0, 0.1) is 0 Å². The first kappa shape index (κ1) is 26.9. The molecule has 1 unspecified atom stereocenters. The lowest BCUT2D eigenvalue weighted by molar-refractivity contribution is -0.137. The molecule has 3 heterocycles. The highest BCUT2D eigenvalue weighted by atomic mass is 35.5. The van der Waals surface area contributed by atoms with Crippen molar-refractivity contribution in [3.05, 3.63) is 100 Å². The molecular formula is C28H23ClF3N7O. The third-order valence-corrected chi connectivity index (χ3v) is 6.62. The molecule has 204 valence electrons. The molecule has 0 spiro atoms. The van der Waals surface area contributed by atoms with Crippen molar-refractivity contribution in [3.8, 4) is 11.1 Å². The summed E-state index contributed by atoms with van der Waals surface area (Å²) >= 11 is 5.93. The van der Waals surface area contributed by atoms with Gasteiger partial charge in [0.25, 0.3) is 5.91 Å². The van der Waals surface area contributed by atoms with Crippen LogP contribution >= 0.6 is 11.6 Å². The van der Waals surface area contributed by atoms with E-state index in [0.717, 1.165) is 28.3 Å². The first-order chi connectivity index (χ1) is 19.1. The normalized spacial score (nSPS) is 12.3. The quantitative estimate of drug-likeness (QED) is 0.182.